The van der Waals surface area contributed by atoms with E-state index in [1.807, 2.05) is 54.6 Å². The van der Waals surface area contributed by atoms with E-state index in [9.17, 15) is 14.9 Å². The first-order chi connectivity index (χ1) is 13.3. The fraction of sp³-hybridized carbons (Fsp3) is 0.174. The Hall–Kier alpha value is -3.47. The lowest BCUT2D eigenvalue weighted by Crippen LogP contribution is -2.25. The van der Waals surface area contributed by atoms with E-state index in [1.165, 1.54) is 6.07 Å². The number of amides is 1. The molecule has 1 aliphatic carbocycles. The molecule has 0 aromatic heterocycles. The van der Waals surface area contributed by atoms with Crippen molar-refractivity contribution in [3.8, 4) is 11.1 Å². The molecule has 140 valence electrons. The predicted octanol–water partition coefficient (Wildman–Crippen LogP) is 4.63. The molecule has 0 N–H and O–H groups in total. The smallest absolute Gasteiger partial charge is 0.269 e. The molecule has 0 spiro atoms. The topological polar surface area (TPSA) is 63.5 Å². The van der Waals surface area contributed by atoms with Crippen molar-refractivity contribution in [1.29, 1.82) is 0 Å². The van der Waals surface area contributed by atoms with E-state index >= 15 is 0 Å². The largest absolute Gasteiger partial charge is 0.345 e. The Morgan fingerprint density at radius 2 is 1.54 bits per heavy atom. The van der Waals surface area contributed by atoms with Gasteiger partial charge in [-0.15, -0.1) is 0 Å². The first-order valence-corrected chi connectivity index (χ1v) is 9.05. The molecule has 0 saturated heterocycles. The highest BCUT2D eigenvalue weighted by atomic mass is 16.6. The van der Waals surface area contributed by atoms with Gasteiger partial charge in [-0.3, -0.25) is 14.9 Å². The fourth-order valence-corrected chi connectivity index (χ4v) is 4.11. The zero-order chi connectivity index (χ0) is 20.1. The molecule has 1 aliphatic rings. The minimum Gasteiger partial charge on any atom is -0.345 e. The maximum Gasteiger partial charge on any atom is 0.269 e. The number of rotatable bonds is 3. The molecular formula is C23H20N2O3. The molecule has 28 heavy (non-hydrogen) atoms. The Kier molecular flexibility index (Phi) is 4.03. The van der Waals surface area contributed by atoms with Crippen molar-refractivity contribution in [3.05, 3.63) is 99.1 Å². The highest BCUT2D eigenvalue weighted by Crippen LogP contribution is 2.53. The zero-order valence-electron chi connectivity index (χ0n) is 16.0. The lowest BCUT2D eigenvalue weighted by Gasteiger charge is -2.28. The molecule has 3 aromatic rings. The van der Waals surface area contributed by atoms with Crippen LogP contribution in [0.3, 0.4) is 0 Å². The number of nitrogens with zero attached hydrogens (tertiary/aromatic N) is 2. The third-order valence-electron chi connectivity index (χ3n) is 5.61. The van der Waals surface area contributed by atoms with Crippen molar-refractivity contribution in [2.24, 2.45) is 0 Å². The molecule has 0 saturated carbocycles. The van der Waals surface area contributed by atoms with Gasteiger partial charge in [0.15, 0.2) is 0 Å². The van der Waals surface area contributed by atoms with Crippen molar-refractivity contribution in [2.75, 3.05) is 14.1 Å². The summed E-state index contributed by atoms with van der Waals surface area (Å²) in [6.45, 7) is 2.07. The number of fused-ring (bicyclic) bond motifs is 3. The summed E-state index contributed by atoms with van der Waals surface area (Å²) in [4.78, 5) is 25.1. The van der Waals surface area contributed by atoms with Crippen molar-refractivity contribution in [3.63, 3.8) is 0 Å². The number of nitro groups is 1. The number of benzene rings is 3. The van der Waals surface area contributed by atoms with E-state index in [-0.39, 0.29) is 16.5 Å². The van der Waals surface area contributed by atoms with Gasteiger partial charge in [-0.25, -0.2) is 0 Å². The lowest BCUT2D eigenvalue weighted by molar-refractivity contribution is -0.384. The highest BCUT2D eigenvalue weighted by molar-refractivity contribution is 5.96. The molecule has 4 rings (SSSR count). The first-order valence-electron chi connectivity index (χ1n) is 9.05. The molecule has 0 unspecified atom stereocenters. The second-order valence-electron chi connectivity index (χ2n) is 7.44. The Morgan fingerprint density at radius 3 is 2.14 bits per heavy atom. The predicted molar refractivity (Wildman–Crippen MR) is 109 cm³/mol. The molecule has 0 radical (unpaired) electrons. The van der Waals surface area contributed by atoms with Gasteiger partial charge in [-0.05, 0) is 52.9 Å². The minimum absolute atomic E-state index is 0.0679. The van der Waals surface area contributed by atoms with E-state index in [0.717, 1.165) is 27.8 Å². The van der Waals surface area contributed by atoms with Crippen LogP contribution in [0.25, 0.3) is 11.1 Å². The Labute approximate surface area is 163 Å². The van der Waals surface area contributed by atoms with Crippen LogP contribution in [0.2, 0.25) is 0 Å². The van der Waals surface area contributed by atoms with E-state index < -0.39 is 5.41 Å². The maximum atomic E-state index is 12.5. The van der Waals surface area contributed by atoms with Crippen LogP contribution in [-0.2, 0) is 5.41 Å². The maximum absolute atomic E-state index is 12.5. The standard InChI is InChI=1S/C23H20N2O3/c1-23(16-7-5-4-6-8-16)20-13-15(22(26)24(2)3)9-11-18(20)19-12-10-17(25(27)28)14-21(19)23/h4-14H,1-3H3/t23-/m1/s1. The molecule has 0 aliphatic heterocycles. The summed E-state index contributed by atoms with van der Waals surface area (Å²) in [5, 5.41) is 11.4. The number of non-ortho nitro benzene ring substituents is 1. The summed E-state index contributed by atoms with van der Waals surface area (Å²) in [6.07, 6.45) is 0. The van der Waals surface area contributed by atoms with Crippen LogP contribution in [0.1, 0.15) is 34.0 Å². The van der Waals surface area contributed by atoms with Gasteiger partial charge in [-0.1, -0.05) is 36.4 Å². The third-order valence-corrected chi connectivity index (χ3v) is 5.61. The molecule has 0 heterocycles. The van der Waals surface area contributed by atoms with Crippen LogP contribution >= 0.6 is 0 Å². The minimum atomic E-state index is -0.583. The molecule has 5 nitrogen and oxygen atoms in total. The number of nitro benzene ring substituents is 1. The zero-order valence-corrected chi connectivity index (χ0v) is 16.0. The van der Waals surface area contributed by atoms with Crippen LogP contribution in [0.5, 0.6) is 0 Å². The fourth-order valence-electron chi connectivity index (χ4n) is 4.11. The van der Waals surface area contributed by atoms with Crippen molar-refractivity contribution in [2.45, 2.75) is 12.3 Å². The second-order valence-corrected chi connectivity index (χ2v) is 7.44. The van der Waals surface area contributed by atoms with Crippen LogP contribution < -0.4 is 0 Å². The van der Waals surface area contributed by atoms with E-state index in [0.29, 0.717) is 5.56 Å². The normalized spacial score (nSPS) is 17.0. The first kappa shape index (κ1) is 17.9. The molecule has 5 heteroatoms. The number of hydrogen-bond donors (Lipinski definition) is 0. The molecule has 1 amide bonds. The summed E-state index contributed by atoms with van der Waals surface area (Å²) >= 11 is 0. The molecule has 3 aromatic carbocycles. The Balaban J connectivity index is 2.02. The van der Waals surface area contributed by atoms with Gasteiger partial charge in [-0.2, -0.15) is 0 Å². The van der Waals surface area contributed by atoms with Gasteiger partial charge < -0.3 is 4.90 Å². The molecule has 1 atom stereocenters. The van der Waals surface area contributed by atoms with Gasteiger partial charge in [0.25, 0.3) is 11.6 Å². The van der Waals surface area contributed by atoms with Crippen molar-refractivity contribution in [1.82, 2.24) is 4.90 Å². The van der Waals surface area contributed by atoms with Gasteiger partial charge in [0.2, 0.25) is 0 Å². The average molecular weight is 372 g/mol. The van der Waals surface area contributed by atoms with Gasteiger partial charge in [0, 0.05) is 37.2 Å². The van der Waals surface area contributed by atoms with Crippen LogP contribution in [-0.4, -0.2) is 29.8 Å². The SMILES string of the molecule is CN(C)C(=O)c1ccc2c(c1)[C@@](C)(c1ccccc1)c1cc([N+](=O)[O-])ccc1-2. The summed E-state index contributed by atoms with van der Waals surface area (Å²) < 4.78 is 0. The van der Waals surface area contributed by atoms with Gasteiger partial charge in [0.05, 0.1) is 4.92 Å². The van der Waals surface area contributed by atoms with Gasteiger partial charge >= 0.3 is 0 Å². The number of hydrogen-bond acceptors (Lipinski definition) is 3. The van der Waals surface area contributed by atoms with E-state index in [2.05, 4.69) is 6.92 Å². The summed E-state index contributed by atoms with van der Waals surface area (Å²) in [7, 11) is 3.45. The van der Waals surface area contributed by atoms with Crippen molar-refractivity contribution < 1.29 is 9.72 Å². The Morgan fingerprint density at radius 1 is 0.929 bits per heavy atom. The van der Waals surface area contributed by atoms with Crippen LogP contribution in [0.4, 0.5) is 5.69 Å². The molecular weight excluding hydrogens is 352 g/mol. The summed E-state index contributed by atoms with van der Waals surface area (Å²) in [5.74, 6) is -0.0693. The third kappa shape index (κ3) is 2.51. The quantitative estimate of drug-likeness (QED) is 0.497. The molecule has 0 fully saturated rings. The van der Waals surface area contributed by atoms with E-state index in [1.54, 1.807) is 25.1 Å². The number of carbonyl (C=O) groups is 1. The lowest BCUT2D eigenvalue weighted by atomic mass is 9.74. The second kappa shape index (κ2) is 6.30. The van der Waals surface area contributed by atoms with Gasteiger partial charge in [0.1, 0.15) is 0 Å². The summed E-state index contributed by atoms with van der Waals surface area (Å²) in [5.41, 5.74) is 4.97. The van der Waals surface area contributed by atoms with Crippen LogP contribution in [0, 0.1) is 10.1 Å². The van der Waals surface area contributed by atoms with E-state index in [4.69, 9.17) is 0 Å². The average Bonchev–Trinajstić information content (AvgIpc) is 2.97. The molecule has 0 bridgehead atoms. The van der Waals surface area contributed by atoms with Crippen molar-refractivity contribution >= 4 is 11.6 Å². The number of carbonyl (C=O) groups excluding carboxylic acids is 1. The summed E-state index contributed by atoms with van der Waals surface area (Å²) in [6, 6.07) is 20.6. The highest BCUT2D eigenvalue weighted by Gasteiger charge is 2.42. The Bertz CT molecular complexity index is 1110. The monoisotopic (exact) mass is 372 g/mol. The van der Waals surface area contributed by atoms with Crippen LogP contribution in [0.15, 0.2) is 66.7 Å².